The summed E-state index contributed by atoms with van der Waals surface area (Å²) < 4.78 is 14.6. The zero-order valence-corrected chi connectivity index (χ0v) is 19.4. The third-order valence-electron chi connectivity index (χ3n) is 5.97. The fourth-order valence-electron chi connectivity index (χ4n) is 4.39. The van der Waals surface area contributed by atoms with E-state index in [9.17, 15) is 19.2 Å². The maximum atomic E-state index is 13.0. The highest BCUT2D eigenvalue weighted by Crippen LogP contribution is 2.30. The number of nitrogens with zero attached hydrogens (tertiary/aromatic N) is 3. The second-order valence-electron chi connectivity index (χ2n) is 9.59. The van der Waals surface area contributed by atoms with Crippen molar-refractivity contribution in [2.45, 2.75) is 64.2 Å². The van der Waals surface area contributed by atoms with Gasteiger partial charge >= 0.3 is 11.8 Å². The average molecular weight is 459 g/mol. The topological polar surface area (TPSA) is 112 Å². The number of aromatic nitrogens is 2. The van der Waals surface area contributed by atoms with E-state index in [1.807, 2.05) is 20.8 Å². The Balaban J connectivity index is 1.53. The van der Waals surface area contributed by atoms with Gasteiger partial charge in [-0.05, 0) is 39.3 Å². The molecule has 0 radical (unpaired) electrons. The number of likely N-dealkylation sites (tertiary alicyclic amines) is 1. The number of nitrogens with one attached hydrogen (secondary N) is 1. The van der Waals surface area contributed by atoms with Crippen LogP contribution in [0.15, 0.2) is 23.0 Å². The molecule has 10 heteroatoms. The number of carbonyl (C=O) groups excluding carboxylic acids is 3. The lowest BCUT2D eigenvalue weighted by molar-refractivity contribution is -0.135. The molecule has 178 valence electrons. The molecule has 1 unspecified atom stereocenters. The summed E-state index contributed by atoms with van der Waals surface area (Å²) in [5.74, 6) is -0.248. The lowest BCUT2D eigenvalue weighted by atomic mass is 10.1. The molecular formula is C23H30N4O6. The van der Waals surface area contributed by atoms with E-state index >= 15 is 0 Å². The molecule has 1 N–H and O–H groups in total. The third kappa shape index (κ3) is 4.60. The van der Waals surface area contributed by atoms with Gasteiger partial charge in [-0.15, -0.1) is 0 Å². The molecule has 0 spiro atoms. The first kappa shape index (κ1) is 22.9. The fourth-order valence-corrected chi connectivity index (χ4v) is 4.39. The summed E-state index contributed by atoms with van der Waals surface area (Å²) in [6, 6.07) is 4.62. The van der Waals surface area contributed by atoms with Crippen molar-refractivity contribution in [2.75, 3.05) is 13.1 Å². The van der Waals surface area contributed by atoms with Crippen molar-refractivity contribution < 1.29 is 23.9 Å². The van der Waals surface area contributed by atoms with Gasteiger partial charge in [-0.3, -0.25) is 24.0 Å². The Morgan fingerprint density at radius 3 is 2.42 bits per heavy atom. The Bertz CT molecular complexity index is 1150. The van der Waals surface area contributed by atoms with Crippen LogP contribution in [0.5, 0.6) is 5.75 Å². The van der Waals surface area contributed by atoms with Crippen LogP contribution >= 0.6 is 0 Å². The first-order valence-corrected chi connectivity index (χ1v) is 11.2. The molecule has 10 nitrogen and oxygen atoms in total. The van der Waals surface area contributed by atoms with E-state index in [-0.39, 0.29) is 36.6 Å². The van der Waals surface area contributed by atoms with Gasteiger partial charge in [0.05, 0.1) is 5.52 Å². The van der Waals surface area contributed by atoms with Crippen molar-refractivity contribution in [1.29, 1.82) is 0 Å². The highest BCUT2D eigenvalue weighted by Gasteiger charge is 2.32. The van der Waals surface area contributed by atoms with Gasteiger partial charge in [0.2, 0.25) is 11.8 Å². The van der Waals surface area contributed by atoms with E-state index in [1.54, 1.807) is 30.1 Å². The van der Waals surface area contributed by atoms with Crippen molar-refractivity contribution in [1.82, 2.24) is 19.4 Å². The highest BCUT2D eigenvalue weighted by atomic mass is 16.6. The molecule has 3 amide bonds. The summed E-state index contributed by atoms with van der Waals surface area (Å²) in [6.45, 7) is 6.56. The molecule has 2 aliphatic rings. The number of piperidine rings is 2. The largest absolute Gasteiger partial charge is 0.488 e. The monoisotopic (exact) mass is 458 g/mol. The SMILES string of the molecule is Cn1c(=O)n(C2CCC(=O)NC2=O)c2cccc(OC3CCN(C(=O)OC(C)(C)C)CC3)c21. The summed E-state index contributed by atoms with van der Waals surface area (Å²) in [5, 5.41) is 2.32. The standard InChI is InChI=1S/C23H30N4O6/c1-23(2,3)33-22(31)26-12-10-14(11-13-26)32-17-7-5-6-15-19(17)25(4)21(30)27(15)16-8-9-18(28)24-20(16)29/h5-7,14,16H,8-13H2,1-4H3,(H,24,28,29). The van der Waals surface area contributed by atoms with Gasteiger partial charge in [0, 0.05) is 39.4 Å². The predicted octanol–water partition coefficient (Wildman–Crippen LogP) is 2.10. The van der Waals surface area contributed by atoms with Gasteiger partial charge in [-0.25, -0.2) is 9.59 Å². The Kier molecular flexibility index (Phi) is 5.94. The molecule has 0 aliphatic carbocycles. The molecule has 2 aliphatic heterocycles. The molecule has 3 heterocycles. The van der Waals surface area contributed by atoms with Crippen molar-refractivity contribution >= 4 is 28.9 Å². The predicted molar refractivity (Wildman–Crippen MR) is 120 cm³/mol. The van der Waals surface area contributed by atoms with E-state index in [0.717, 1.165) is 0 Å². The van der Waals surface area contributed by atoms with E-state index in [0.29, 0.717) is 42.7 Å². The summed E-state index contributed by atoms with van der Waals surface area (Å²) in [6.07, 6.45) is 1.29. The van der Waals surface area contributed by atoms with Gasteiger partial charge in [0.15, 0.2) is 0 Å². The van der Waals surface area contributed by atoms with Gasteiger partial charge < -0.3 is 14.4 Å². The number of hydrogen-bond donors (Lipinski definition) is 1. The Morgan fingerprint density at radius 2 is 1.79 bits per heavy atom. The Hall–Kier alpha value is -3.30. The Morgan fingerprint density at radius 1 is 1.09 bits per heavy atom. The van der Waals surface area contributed by atoms with Gasteiger partial charge in [0.1, 0.15) is 29.0 Å². The number of para-hydroxylation sites is 1. The first-order valence-electron chi connectivity index (χ1n) is 11.2. The Labute approximate surface area is 191 Å². The van der Waals surface area contributed by atoms with Crippen molar-refractivity contribution in [3.05, 3.63) is 28.7 Å². The van der Waals surface area contributed by atoms with E-state index in [2.05, 4.69) is 5.32 Å². The van der Waals surface area contributed by atoms with E-state index in [1.165, 1.54) is 9.13 Å². The summed E-state index contributed by atoms with van der Waals surface area (Å²) in [4.78, 5) is 51.0. The molecule has 2 fully saturated rings. The molecular weight excluding hydrogens is 428 g/mol. The summed E-state index contributed by atoms with van der Waals surface area (Å²) in [5.41, 5.74) is 0.304. The minimum absolute atomic E-state index is 0.122. The number of carbonyl (C=O) groups is 3. The molecule has 2 aromatic rings. The van der Waals surface area contributed by atoms with Crippen LogP contribution in [-0.2, 0) is 21.4 Å². The van der Waals surface area contributed by atoms with Crippen LogP contribution < -0.4 is 15.7 Å². The second kappa shape index (κ2) is 8.57. The number of ether oxygens (including phenoxy) is 2. The number of aryl methyl sites for hydroxylation is 1. The number of benzene rings is 1. The van der Waals surface area contributed by atoms with Gasteiger partial charge in [-0.1, -0.05) is 6.07 Å². The number of fused-ring (bicyclic) bond motifs is 1. The minimum Gasteiger partial charge on any atom is -0.488 e. The fraction of sp³-hybridized carbons (Fsp3) is 0.565. The molecule has 1 aromatic heterocycles. The van der Waals surface area contributed by atoms with Crippen LogP contribution in [0.2, 0.25) is 0 Å². The molecule has 2 saturated heterocycles. The van der Waals surface area contributed by atoms with Gasteiger partial charge in [0.25, 0.3) is 0 Å². The van der Waals surface area contributed by atoms with E-state index < -0.39 is 17.6 Å². The number of rotatable bonds is 3. The van der Waals surface area contributed by atoms with Crippen LogP contribution in [-0.4, -0.2) is 56.7 Å². The third-order valence-corrected chi connectivity index (χ3v) is 5.97. The summed E-state index contributed by atoms with van der Waals surface area (Å²) in [7, 11) is 1.64. The second-order valence-corrected chi connectivity index (χ2v) is 9.59. The minimum atomic E-state index is -0.744. The number of imidazole rings is 1. The highest BCUT2D eigenvalue weighted by molar-refractivity contribution is 6.00. The molecule has 4 rings (SSSR count). The number of amides is 3. The van der Waals surface area contributed by atoms with Crippen molar-refractivity contribution in [3.63, 3.8) is 0 Å². The molecule has 1 atom stereocenters. The maximum Gasteiger partial charge on any atom is 0.410 e. The quantitative estimate of drug-likeness (QED) is 0.705. The van der Waals surface area contributed by atoms with Crippen LogP contribution in [0.25, 0.3) is 11.0 Å². The summed E-state index contributed by atoms with van der Waals surface area (Å²) >= 11 is 0. The molecule has 1 aromatic carbocycles. The smallest absolute Gasteiger partial charge is 0.410 e. The molecule has 0 saturated carbocycles. The number of hydrogen-bond acceptors (Lipinski definition) is 6. The van der Waals surface area contributed by atoms with Gasteiger partial charge in [-0.2, -0.15) is 0 Å². The van der Waals surface area contributed by atoms with Crippen molar-refractivity contribution in [3.8, 4) is 5.75 Å². The molecule has 0 bridgehead atoms. The number of imide groups is 1. The van der Waals surface area contributed by atoms with E-state index in [4.69, 9.17) is 9.47 Å². The average Bonchev–Trinajstić information content (AvgIpc) is 2.99. The van der Waals surface area contributed by atoms with Crippen molar-refractivity contribution in [2.24, 2.45) is 7.05 Å². The molecule has 33 heavy (non-hydrogen) atoms. The van der Waals surface area contributed by atoms with Crippen LogP contribution in [0.3, 0.4) is 0 Å². The zero-order valence-electron chi connectivity index (χ0n) is 19.4. The lowest BCUT2D eigenvalue weighted by Gasteiger charge is -2.33. The zero-order chi connectivity index (χ0) is 23.9. The van der Waals surface area contributed by atoms with Crippen LogP contribution in [0.1, 0.15) is 52.5 Å². The maximum absolute atomic E-state index is 13.0. The first-order chi connectivity index (χ1) is 15.5. The lowest BCUT2D eigenvalue weighted by Crippen LogP contribution is -2.44. The van der Waals surface area contributed by atoms with Crippen LogP contribution in [0, 0.1) is 0 Å². The van der Waals surface area contributed by atoms with Crippen LogP contribution in [0.4, 0.5) is 4.79 Å². The normalized spacial score (nSPS) is 20.1.